The number of rotatable bonds is 3. The average Bonchev–Trinajstić information content (AvgIpc) is 3.04. The van der Waals surface area contributed by atoms with Gasteiger partial charge in [0, 0.05) is 24.8 Å². The third-order valence-corrected chi connectivity index (χ3v) is 4.68. The first-order valence-electron chi connectivity index (χ1n) is 8.20. The molecule has 9 heteroatoms. The second kappa shape index (κ2) is 6.82. The number of nitrogens with zero attached hydrogens (tertiary/aromatic N) is 5. The van der Waals surface area contributed by atoms with E-state index in [2.05, 4.69) is 20.0 Å². The summed E-state index contributed by atoms with van der Waals surface area (Å²) in [4.78, 5) is 10.8. The van der Waals surface area contributed by atoms with Crippen LogP contribution in [0.5, 0.6) is 0 Å². The molecule has 0 aliphatic carbocycles. The molecule has 0 spiro atoms. The fraction of sp³-hybridized carbons (Fsp3) is 0.562. The lowest BCUT2D eigenvalue weighted by Gasteiger charge is -2.34. The van der Waals surface area contributed by atoms with Gasteiger partial charge in [-0.2, -0.15) is 18.3 Å². The summed E-state index contributed by atoms with van der Waals surface area (Å²) in [6, 6.07) is 0.880. The maximum atomic E-state index is 12.8. The summed E-state index contributed by atoms with van der Waals surface area (Å²) in [7, 11) is 0. The van der Waals surface area contributed by atoms with Crippen molar-refractivity contribution in [3.8, 4) is 0 Å². The van der Waals surface area contributed by atoms with E-state index < -0.39 is 11.9 Å². The fourth-order valence-electron chi connectivity index (χ4n) is 3.17. The maximum absolute atomic E-state index is 12.8. The molecule has 0 amide bonds. The number of hydrogen-bond acceptors (Lipinski definition) is 4. The monoisotopic (exact) mass is 373 g/mol. The van der Waals surface area contributed by atoms with Crippen LogP contribution in [-0.2, 0) is 12.6 Å². The molecule has 1 saturated heterocycles. The largest absolute Gasteiger partial charge is 0.435 e. The predicted octanol–water partition coefficient (Wildman–Crippen LogP) is 4.06. The van der Waals surface area contributed by atoms with Gasteiger partial charge in [-0.1, -0.05) is 18.5 Å². The first-order valence-corrected chi connectivity index (χ1v) is 8.57. The normalized spacial score (nSPS) is 18.6. The standard InChI is InChI=1S/C16H19ClF3N5/c1-3-12-14(17)21-10(2)22-15(12)24-7-4-5-11(9-24)25-8-6-13(23-25)16(18,19)20/h6,8,11H,3-5,7,9H2,1-2H3. The predicted molar refractivity (Wildman–Crippen MR) is 88.9 cm³/mol. The molecule has 0 radical (unpaired) electrons. The number of aromatic nitrogens is 4. The molecule has 2 aromatic heterocycles. The topological polar surface area (TPSA) is 46.8 Å². The van der Waals surface area contributed by atoms with Crippen LogP contribution in [0, 0.1) is 6.92 Å². The van der Waals surface area contributed by atoms with Gasteiger partial charge in [0.25, 0.3) is 0 Å². The SMILES string of the molecule is CCc1c(Cl)nc(C)nc1N1CCCC(n2ccc(C(F)(F)F)n2)C1. The lowest BCUT2D eigenvalue weighted by atomic mass is 10.0. The summed E-state index contributed by atoms with van der Waals surface area (Å²) in [6.07, 6.45) is -0.720. The highest BCUT2D eigenvalue weighted by Crippen LogP contribution is 2.32. The molecule has 136 valence electrons. The molecule has 5 nitrogen and oxygen atoms in total. The number of alkyl halides is 3. The van der Waals surface area contributed by atoms with Crippen LogP contribution < -0.4 is 4.90 Å². The van der Waals surface area contributed by atoms with E-state index in [1.54, 1.807) is 6.92 Å². The molecule has 1 aliphatic heterocycles. The van der Waals surface area contributed by atoms with Gasteiger partial charge < -0.3 is 4.90 Å². The Balaban J connectivity index is 1.86. The summed E-state index contributed by atoms with van der Waals surface area (Å²) in [6.45, 7) is 5.08. The van der Waals surface area contributed by atoms with Crippen molar-refractivity contribution in [2.24, 2.45) is 0 Å². The molecule has 1 unspecified atom stereocenters. The molecule has 2 aromatic rings. The van der Waals surface area contributed by atoms with Crippen LogP contribution in [0.15, 0.2) is 12.3 Å². The van der Waals surface area contributed by atoms with Gasteiger partial charge in [-0.05, 0) is 32.3 Å². The summed E-state index contributed by atoms with van der Waals surface area (Å²) in [5.74, 6) is 1.35. The molecular formula is C16H19ClF3N5. The van der Waals surface area contributed by atoms with Crippen LogP contribution in [0.2, 0.25) is 5.15 Å². The van der Waals surface area contributed by atoms with Gasteiger partial charge in [0.2, 0.25) is 0 Å². The van der Waals surface area contributed by atoms with Gasteiger partial charge in [-0.3, -0.25) is 4.68 Å². The van der Waals surface area contributed by atoms with Gasteiger partial charge in [0.1, 0.15) is 16.8 Å². The summed E-state index contributed by atoms with van der Waals surface area (Å²) in [5, 5.41) is 4.15. The summed E-state index contributed by atoms with van der Waals surface area (Å²) >= 11 is 6.24. The van der Waals surface area contributed by atoms with Gasteiger partial charge >= 0.3 is 6.18 Å². The lowest BCUT2D eigenvalue weighted by molar-refractivity contribution is -0.141. The second-order valence-corrected chi connectivity index (χ2v) is 6.50. The lowest BCUT2D eigenvalue weighted by Crippen LogP contribution is -2.38. The molecule has 25 heavy (non-hydrogen) atoms. The Hall–Kier alpha value is -1.83. The van der Waals surface area contributed by atoms with Crippen molar-refractivity contribution in [3.63, 3.8) is 0 Å². The Bertz CT molecular complexity index is 759. The van der Waals surface area contributed by atoms with Crippen molar-refractivity contribution in [2.75, 3.05) is 18.0 Å². The minimum absolute atomic E-state index is 0.136. The van der Waals surface area contributed by atoms with Crippen molar-refractivity contribution in [1.29, 1.82) is 0 Å². The van der Waals surface area contributed by atoms with E-state index in [1.165, 1.54) is 10.9 Å². The van der Waals surface area contributed by atoms with Crippen LogP contribution in [0.1, 0.15) is 42.9 Å². The van der Waals surface area contributed by atoms with Crippen molar-refractivity contribution in [1.82, 2.24) is 19.7 Å². The molecule has 0 aromatic carbocycles. The van der Waals surface area contributed by atoms with Crippen LogP contribution in [0.25, 0.3) is 0 Å². The summed E-state index contributed by atoms with van der Waals surface area (Å²) < 4.78 is 39.8. The highest BCUT2D eigenvalue weighted by atomic mass is 35.5. The zero-order valence-electron chi connectivity index (χ0n) is 14.0. The van der Waals surface area contributed by atoms with Crippen molar-refractivity contribution >= 4 is 17.4 Å². The zero-order chi connectivity index (χ0) is 18.2. The van der Waals surface area contributed by atoms with Gasteiger partial charge in [0.15, 0.2) is 5.69 Å². The molecule has 3 rings (SSSR count). The van der Waals surface area contributed by atoms with Crippen molar-refractivity contribution in [2.45, 2.75) is 45.3 Å². The number of anilines is 1. The average molecular weight is 374 g/mol. The van der Waals surface area contributed by atoms with E-state index in [0.717, 1.165) is 36.8 Å². The molecule has 1 aliphatic rings. The Labute approximate surface area is 148 Å². The molecule has 0 N–H and O–H groups in total. The van der Waals surface area contributed by atoms with Crippen LogP contribution in [0.3, 0.4) is 0 Å². The second-order valence-electron chi connectivity index (χ2n) is 6.14. The van der Waals surface area contributed by atoms with Gasteiger partial charge in [-0.25, -0.2) is 9.97 Å². The number of hydrogen-bond donors (Lipinski definition) is 0. The number of halogens is 4. The first kappa shape index (κ1) is 18.0. The maximum Gasteiger partial charge on any atom is 0.435 e. The molecule has 0 bridgehead atoms. The van der Waals surface area contributed by atoms with Crippen LogP contribution in [0.4, 0.5) is 19.0 Å². The molecule has 3 heterocycles. The minimum atomic E-state index is -4.42. The fourth-order valence-corrected chi connectivity index (χ4v) is 3.51. The van der Waals surface area contributed by atoms with Crippen molar-refractivity contribution in [3.05, 3.63) is 34.5 Å². The smallest absolute Gasteiger partial charge is 0.354 e. The van der Waals surface area contributed by atoms with Gasteiger partial charge in [0.05, 0.1) is 6.04 Å². The number of piperidine rings is 1. The zero-order valence-corrected chi connectivity index (χ0v) is 14.8. The van der Waals surface area contributed by atoms with E-state index in [0.29, 0.717) is 23.9 Å². The van der Waals surface area contributed by atoms with E-state index in [4.69, 9.17) is 11.6 Å². The van der Waals surface area contributed by atoms with Crippen LogP contribution in [-0.4, -0.2) is 32.8 Å². The Morgan fingerprint density at radius 1 is 1.32 bits per heavy atom. The van der Waals surface area contributed by atoms with E-state index >= 15 is 0 Å². The Morgan fingerprint density at radius 3 is 2.72 bits per heavy atom. The molecule has 0 saturated carbocycles. The molecule has 1 atom stereocenters. The van der Waals surface area contributed by atoms with Crippen molar-refractivity contribution < 1.29 is 13.2 Å². The summed E-state index contributed by atoms with van der Waals surface area (Å²) in [5.41, 5.74) is 0.00385. The third kappa shape index (κ3) is 3.73. The number of aryl methyl sites for hydroxylation is 1. The quantitative estimate of drug-likeness (QED) is 0.761. The minimum Gasteiger partial charge on any atom is -0.354 e. The first-order chi connectivity index (χ1) is 11.8. The van der Waals surface area contributed by atoms with Gasteiger partial charge in [-0.15, -0.1) is 0 Å². The molecular weight excluding hydrogens is 355 g/mol. The highest BCUT2D eigenvalue weighted by molar-refractivity contribution is 6.30. The van der Waals surface area contributed by atoms with E-state index in [1.807, 2.05) is 6.92 Å². The Morgan fingerprint density at radius 2 is 2.08 bits per heavy atom. The Kier molecular flexibility index (Phi) is 4.90. The molecule has 1 fully saturated rings. The highest BCUT2D eigenvalue weighted by Gasteiger charge is 2.34. The van der Waals surface area contributed by atoms with E-state index in [-0.39, 0.29) is 6.04 Å². The van der Waals surface area contributed by atoms with Crippen LogP contribution >= 0.6 is 11.6 Å². The van der Waals surface area contributed by atoms with E-state index in [9.17, 15) is 13.2 Å². The third-order valence-electron chi connectivity index (χ3n) is 4.37.